The monoisotopic (exact) mass is 352 g/mol. The Hall–Kier alpha value is -1.18. The second-order valence-electron chi connectivity index (χ2n) is 7.75. The number of morpholine rings is 1. The average molecular weight is 352 g/mol. The van der Waals surface area contributed by atoms with Crippen molar-refractivity contribution in [2.45, 2.75) is 32.2 Å². The van der Waals surface area contributed by atoms with Crippen molar-refractivity contribution in [3.8, 4) is 0 Å². The lowest BCUT2D eigenvalue weighted by atomic mass is 9.91. The molecule has 0 aromatic rings. The van der Waals surface area contributed by atoms with Crippen LogP contribution in [0.1, 0.15) is 26.2 Å². The van der Waals surface area contributed by atoms with E-state index in [1.54, 1.807) is 0 Å². The fourth-order valence-corrected chi connectivity index (χ4v) is 4.24. The van der Waals surface area contributed by atoms with Gasteiger partial charge in [-0.2, -0.15) is 0 Å². The Morgan fingerprint density at radius 2 is 2.00 bits per heavy atom. The molecule has 3 aliphatic heterocycles. The van der Waals surface area contributed by atoms with E-state index in [9.17, 15) is 9.59 Å². The Morgan fingerprint density at radius 3 is 2.72 bits per heavy atom. The van der Waals surface area contributed by atoms with Crippen LogP contribution >= 0.6 is 0 Å². The summed E-state index contributed by atoms with van der Waals surface area (Å²) in [5.41, 5.74) is 5.89. The second-order valence-corrected chi connectivity index (χ2v) is 7.75. The van der Waals surface area contributed by atoms with Gasteiger partial charge >= 0.3 is 0 Å². The van der Waals surface area contributed by atoms with Crippen molar-refractivity contribution in [3.05, 3.63) is 0 Å². The van der Waals surface area contributed by atoms with Gasteiger partial charge in [-0.1, -0.05) is 6.92 Å². The largest absolute Gasteiger partial charge is 0.379 e. The lowest BCUT2D eigenvalue weighted by molar-refractivity contribution is -0.139. The van der Waals surface area contributed by atoms with Gasteiger partial charge in [0.15, 0.2) is 0 Å². The molecular weight excluding hydrogens is 320 g/mol. The lowest BCUT2D eigenvalue weighted by Gasteiger charge is -2.39. The molecule has 7 nitrogen and oxygen atoms in total. The molecule has 2 amide bonds. The number of amides is 2. The molecule has 3 saturated heterocycles. The summed E-state index contributed by atoms with van der Waals surface area (Å²) in [5, 5.41) is 0. The number of hydrogen-bond acceptors (Lipinski definition) is 5. The molecule has 0 radical (unpaired) electrons. The molecule has 0 aromatic carbocycles. The molecule has 3 heterocycles. The highest BCUT2D eigenvalue weighted by Crippen LogP contribution is 2.27. The molecule has 142 valence electrons. The van der Waals surface area contributed by atoms with Crippen LogP contribution in [0.3, 0.4) is 0 Å². The number of carbonyl (C=O) groups excluding carboxylic acids is 2. The van der Waals surface area contributed by atoms with Gasteiger partial charge in [0.25, 0.3) is 0 Å². The standard InChI is InChI=1S/C18H32N4O3/c1-14-2-3-22(16(10-14)12-19)18(24)15-11-17(23)21(13-15)5-4-20-6-8-25-9-7-20/h14-16H,2-13,19H2,1H3. The summed E-state index contributed by atoms with van der Waals surface area (Å²) in [6, 6.07) is 0.133. The molecule has 7 heteroatoms. The Balaban J connectivity index is 1.51. The van der Waals surface area contributed by atoms with E-state index in [4.69, 9.17) is 10.5 Å². The number of hydrogen-bond donors (Lipinski definition) is 1. The number of ether oxygens (including phenoxy) is 1. The van der Waals surface area contributed by atoms with E-state index in [0.29, 0.717) is 32.0 Å². The number of piperidine rings is 1. The first-order valence-corrected chi connectivity index (χ1v) is 9.67. The quantitative estimate of drug-likeness (QED) is 0.738. The fraction of sp³-hybridized carbons (Fsp3) is 0.889. The van der Waals surface area contributed by atoms with E-state index in [0.717, 1.165) is 52.2 Å². The summed E-state index contributed by atoms with van der Waals surface area (Å²) in [5.74, 6) is 0.665. The van der Waals surface area contributed by atoms with Gasteiger partial charge < -0.3 is 20.3 Å². The van der Waals surface area contributed by atoms with Gasteiger partial charge in [0.2, 0.25) is 11.8 Å². The van der Waals surface area contributed by atoms with Crippen molar-refractivity contribution >= 4 is 11.8 Å². The SMILES string of the molecule is CC1CCN(C(=O)C2CC(=O)N(CCN3CCOCC3)C2)C(CN)C1. The summed E-state index contributed by atoms with van der Waals surface area (Å²) < 4.78 is 5.35. The minimum absolute atomic E-state index is 0.112. The highest BCUT2D eigenvalue weighted by Gasteiger charge is 2.39. The van der Waals surface area contributed by atoms with Crippen LogP contribution < -0.4 is 5.73 Å². The summed E-state index contributed by atoms with van der Waals surface area (Å²) in [6.07, 6.45) is 2.36. The van der Waals surface area contributed by atoms with Gasteiger partial charge in [0, 0.05) is 58.3 Å². The molecule has 0 aromatic heterocycles. The summed E-state index contributed by atoms with van der Waals surface area (Å²) in [6.45, 7) is 9.03. The molecule has 25 heavy (non-hydrogen) atoms. The van der Waals surface area contributed by atoms with Crippen molar-refractivity contribution in [1.82, 2.24) is 14.7 Å². The third kappa shape index (κ3) is 4.51. The van der Waals surface area contributed by atoms with Crippen molar-refractivity contribution in [1.29, 1.82) is 0 Å². The zero-order valence-corrected chi connectivity index (χ0v) is 15.4. The number of nitrogens with zero attached hydrogens (tertiary/aromatic N) is 3. The van der Waals surface area contributed by atoms with Crippen molar-refractivity contribution in [2.75, 3.05) is 59.0 Å². The molecule has 0 saturated carbocycles. The molecule has 3 aliphatic rings. The molecule has 3 unspecified atom stereocenters. The van der Waals surface area contributed by atoms with E-state index < -0.39 is 0 Å². The molecule has 0 spiro atoms. The zero-order chi connectivity index (χ0) is 17.8. The van der Waals surface area contributed by atoms with E-state index in [1.165, 1.54) is 0 Å². The third-order valence-corrected chi connectivity index (χ3v) is 5.89. The number of likely N-dealkylation sites (tertiary alicyclic amines) is 2. The maximum atomic E-state index is 12.9. The van der Waals surface area contributed by atoms with Crippen molar-refractivity contribution < 1.29 is 14.3 Å². The van der Waals surface area contributed by atoms with Crippen LogP contribution in [0.15, 0.2) is 0 Å². The Kier molecular flexibility index (Phi) is 6.30. The predicted molar refractivity (Wildman–Crippen MR) is 94.9 cm³/mol. The highest BCUT2D eigenvalue weighted by atomic mass is 16.5. The van der Waals surface area contributed by atoms with E-state index in [1.807, 2.05) is 9.80 Å². The van der Waals surface area contributed by atoms with Crippen LogP contribution in [0, 0.1) is 11.8 Å². The first kappa shape index (κ1) is 18.6. The Labute approximate surface area is 150 Å². The third-order valence-electron chi connectivity index (χ3n) is 5.89. The van der Waals surface area contributed by atoms with Gasteiger partial charge in [0.05, 0.1) is 19.1 Å². The second kappa shape index (κ2) is 8.47. The van der Waals surface area contributed by atoms with Crippen LogP contribution in [0.5, 0.6) is 0 Å². The molecule has 3 fully saturated rings. The van der Waals surface area contributed by atoms with Gasteiger partial charge in [-0.25, -0.2) is 0 Å². The molecule has 0 bridgehead atoms. The molecule has 3 atom stereocenters. The number of carbonyl (C=O) groups is 2. The van der Waals surface area contributed by atoms with Crippen LogP contribution in [0.4, 0.5) is 0 Å². The topological polar surface area (TPSA) is 79.1 Å². The maximum absolute atomic E-state index is 12.9. The smallest absolute Gasteiger partial charge is 0.228 e. The molecule has 3 rings (SSSR count). The average Bonchev–Trinajstić information content (AvgIpc) is 3.01. The maximum Gasteiger partial charge on any atom is 0.228 e. The van der Waals surface area contributed by atoms with Crippen LogP contribution in [-0.4, -0.2) is 91.6 Å². The van der Waals surface area contributed by atoms with Gasteiger partial charge in [-0.15, -0.1) is 0 Å². The van der Waals surface area contributed by atoms with E-state index >= 15 is 0 Å². The number of rotatable bonds is 5. The van der Waals surface area contributed by atoms with E-state index in [2.05, 4.69) is 11.8 Å². The normalized spacial score (nSPS) is 31.6. The van der Waals surface area contributed by atoms with Crippen molar-refractivity contribution in [2.24, 2.45) is 17.6 Å². The Morgan fingerprint density at radius 1 is 1.24 bits per heavy atom. The first-order valence-electron chi connectivity index (χ1n) is 9.67. The van der Waals surface area contributed by atoms with Gasteiger partial charge in [-0.3, -0.25) is 14.5 Å². The fourth-order valence-electron chi connectivity index (χ4n) is 4.24. The minimum atomic E-state index is -0.195. The van der Waals surface area contributed by atoms with Gasteiger partial charge in [-0.05, 0) is 18.8 Å². The molecule has 2 N–H and O–H groups in total. The first-order chi connectivity index (χ1) is 12.1. The number of nitrogens with two attached hydrogens (primary N) is 1. The summed E-state index contributed by atoms with van der Waals surface area (Å²) in [4.78, 5) is 31.4. The van der Waals surface area contributed by atoms with Crippen LogP contribution in [-0.2, 0) is 14.3 Å². The van der Waals surface area contributed by atoms with Crippen molar-refractivity contribution in [3.63, 3.8) is 0 Å². The zero-order valence-electron chi connectivity index (χ0n) is 15.4. The molecule has 0 aliphatic carbocycles. The Bertz CT molecular complexity index is 481. The highest BCUT2D eigenvalue weighted by molar-refractivity contribution is 5.89. The summed E-state index contributed by atoms with van der Waals surface area (Å²) in [7, 11) is 0. The van der Waals surface area contributed by atoms with Gasteiger partial charge in [0.1, 0.15) is 0 Å². The minimum Gasteiger partial charge on any atom is -0.379 e. The van der Waals surface area contributed by atoms with E-state index in [-0.39, 0.29) is 23.8 Å². The van der Waals surface area contributed by atoms with Crippen LogP contribution in [0.2, 0.25) is 0 Å². The molecular formula is C18H32N4O3. The lowest BCUT2D eigenvalue weighted by Crippen LogP contribution is -2.51. The summed E-state index contributed by atoms with van der Waals surface area (Å²) >= 11 is 0. The van der Waals surface area contributed by atoms with Crippen LogP contribution in [0.25, 0.3) is 0 Å². The predicted octanol–water partition coefficient (Wildman–Crippen LogP) is -0.247.